The monoisotopic (exact) mass is 351 g/mol. The summed E-state index contributed by atoms with van der Waals surface area (Å²) in [5, 5.41) is 3.42. The van der Waals surface area contributed by atoms with Crippen LogP contribution in [0.25, 0.3) is 0 Å². The number of rotatable bonds is 3. The van der Waals surface area contributed by atoms with E-state index in [-0.39, 0.29) is 6.04 Å². The molecule has 1 fully saturated rings. The number of aryl methyl sites for hydroxylation is 1. The molecular weight excluding hydrogens is 334 g/mol. The maximum atomic E-state index is 4.67. The average Bonchev–Trinajstić information content (AvgIpc) is 2.89. The van der Waals surface area contributed by atoms with E-state index >= 15 is 0 Å². The summed E-state index contributed by atoms with van der Waals surface area (Å²) in [5.41, 5.74) is 2.35. The number of hydrogen-bond donors (Lipinski definition) is 1. The summed E-state index contributed by atoms with van der Waals surface area (Å²) < 4.78 is 1.18. The van der Waals surface area contributed by atoms with Gasteiger partial charge < -0.3 is 5.32 Å². The normalized spacial score (nSPS) is 18.1. The lowest BCUT2D eigenvalue weighted by molar-refractivity contribution is 0.198. The average molecular weight is 352 g/mol. The Kier molecular flexibility index (Phi) is 4.51. The van der Waals surface area contributed by atoms with Crippen LogP contribution in [-0.2, 0) is 0 Å². The predicted molar refractivity (Wildman–Crippen MR) is 87.3 cm³/mol. The van der Waals surface area contributed by atoms with Gasteiger partial charge in [0.05, 0.1) is 15.5 Å². The Hall–Kier alpha value is -0.750. The molecule has 20 heavy (non-hydrogen) atoms. The maximum Gasteiger partial charge on any atom is 0.0871 e. The second kappa shape index (κ2) is 6.35. The first-order chi connectivity index (χ1) is 9.74. The molecule has 1 atom stereocenters. The van der Waals surface area contributed by atoms with E-state index in [0.717, 1.165) is 31.9 Å². The van der Waals surface area contributed by atoms with Crippen molar-refractivity contribution in [2.45, 2.75) is 13.0 Å². The quantitative estimate of drug-likeness (QED) is 0.920. The van der Waals surface area contributed by atoms with E-state index in [1.807, 2.05) is 6.20 Å². The van der Waals surface area contributed by atoms with Gasteiger partial charge in [0.25, 0.3) is 0 Å². The van der Waals surface area contributed by atoms with Gasteiger partial charge in [-0.05, 0) is 46.6 Å². The van der Waals surface area contributed by atoms with Crippen LogP contribution in [0.1, 0.15) is 22.2 Å². The molecule has 3 heterocycles. The second-order valence-corrected chi connectivity index (χ2v) is 7.59. The van der Waals surface area contributed by atoms with Crippen LogP contribution in [0.2, 0.25) is 0 Å². The van der Waals surface area contributed by atoms with Crippen molar-refractivity contribution in [1.29, 1.82) is 0 Å². The minimum absolute atomic E-state index is 0.272. The lowest BCUT2D eigenvalue weighted by Gasteiger charge is -2.34. The lowest BCUT2D eigenvalue weighted by Crippen LogP contribution is -2.45. The molecule has 1 unspecified atom stereocenters. The van der Waals surface area contributed by atoms with Crippen LogP contribution in [0, 0.1) is 6.92 Å². The Bertz CT molecular complexity index is 561. The molecule has 2 aromatic heterocycles. The number of thiophene rings is 1. The number of aromatic nitrogens is 1. The van der Waals surface area contributed by atoms with Gasteiger partial charge in [0.1, 0.15) is 0 Å². The minimum atomic E-state index is 0.272. The maximum absolute atomic E-state index is 4.67. The Morgan fingerprint density at radius 3 is 2.65 bits per heavy atom. The topological polar surface area (TPSA) is 28.2 Å². The Labute approximate surface area is 132 Å². The first kappa shape index (κ1) is 14.2. The highest BCUT2D eigenvalue weighted by Gasteiger charge is 2.26. The first-order valence-electron chi connectivity index (χ1n) is 6.86. The van der Waals surface area contributed by atoms with Crippen molar-refractivity contribution in [3.63, 3.8) is 0 Å². The van der Waals surface area contributed by atoms with Gasteiger partial charge in [-0.25, -0.2) is 0 Å². The minimum Gasteiger partial charge on any atom is -0.314 e. The van der Waals surface area contributed by atoms with Crippen LogP contribution in [0.4, 0.5) is 0 Å². The highest BCUT2D eigenvalue weighted by molar-refractivity contribution is 9.11. The fraction of sp³-hybridized carbons (Fsp3) is 0.400. The summed E-state index contributed by atoms with van der Waals surface area (Å²) in [4.78, 5) is 8.55. The molecular formula is C15H18BrN3S. The summed E-state index contributed by atoms with van der Waals surface area (Å²) in [5.74, 6) is 0. The summed E-state index contributed by atoms with van der Waals surface area (Å²) in [7, 11) is 0. The molecule has 0 amide bonds. The molecule has 1 aliphatic heterocycles. The SMILES string of the molecule is Cc1ccc(C(c2ccc(Br)s2)N2CCNCC2)nc1. The number of nitrogens with zero attached hydrogens (tertiary/aromatic N) is 2. The van der Waals surface area contributed by atoms with E-state index in [1.165, 1.54) is 14.2 Å². The third-order valence-electron chi connectivity index (χ3n) is 3.59. The summed E-state index contributed by atoms with van der Waals surface area (Å²) >= 11 is 5.38. The molecule has 0 aliphatic carbocycles. The predicted octanol–water partition coefficient (Wildman–Crippen LogP) is 3.21. The Morgan fingerprint density at radius 2 is 2.05 bits per heavy atom. The fourth-order valence-corrected chi connectivity index (χ4v) is 4.14. The standard InChI is InChI=1S/C15H18BrN3S/c1-11-2-3-12(18-10-11)15(13-4-5-14(16)20-13)19-8-6-17-7-9-19/h2-5,10,15,17H,6-9H2,1H3. The van der Waals surface area contributed by atoms with Gasteiger partial charge in [-0.1, -0.05) is 6.07 Å². The molecule has 1 saturated heterocycles. The second-order valence-electron chi connectivity index (χ2n) is 5.09. The molecule has 1 N–H and O–H groups in total. The van der Waals surface area contributed by atoms with Crippen molar-refractivity contribution in [3.8, 4) is 0 Å². The molecule has 0 saturated carbocycles. The molecule has 0 bridgehead atoms. The van der Waals surface area contributed by atoms with Crippen molar-refractivity contribution in [3.05, 3.63) is 50.4 Å². The van der Waals surface area contributed by atoms with Gasteiger partial charge in [-0.15, -0.1) is 11.3 Å². The van der Waals surface area contributed by atoms with E-state index < -0.39 is 0 Å². The number of pyridine rings is 1. The Morgan fingerprint density at radius 1 is 1.25 bits per heavy atom. The Balaban J connectivity index is 1.95. The van der Waals surface area contributed by atoms with Crippen LogP contribution in [0.15, 0.2) is 34.2 Å². The van der Waals surface area contributed by atoms with Crippen molar-refractivity contribution >= 4 is 27.3 Å². The molecule has 2 aromatic rings. The smallest absolute Gasteiger partial charge is 0.0871 e. The van der Waals surface area contributed by atoms with Crippen molar-refractivity contribution in [1.82, 2.24) is 15.2 Å². The van der Waals surface area contributed by atoms with Crippen LogP contribution < -0.4 is 5.32 Å². The third-order valence-corrected chi connectivity index (χ3v) is 5.27. The van der Waals surface area contributed by atoms with Crippen molar-refractivity contribution < 1.29 is 0 Å². The molecule has 1 aliphatic rings. The van der Waals surface area contributed by atoms with Gasteiger partial charge in [0.15, 0.2) is 0 Å². The van der Waals surface area contributed by atoms with E-state index in [9.17, 15) is 0 Å². The van der Waals surface area contributed by atoms with Gasteiger partial charge in [-0.2, -0.15) is 0 Å². The largest absolute Gasteiger partial charge is 0.314 e. The number of nitrogens with one attached hydrogen (secondary N) is 1. The highest BCUT2D eigenvalue weighted by Crippen LogP contribution is 2.34. The van der Waals surface area contributed by atoms with E-state index in [2.05, 4.69) is 62.3 Å². The lowest BCUT2D eigenvalue weighted by atomic mass is 10.1. The molecule has 3 nitrogen and oxygen atoms in total. The van der Waals surface area contributed by atoms with Gasteiger partial charge >= 0.3 is 0 Å². The number of halogens is 1. The van der Waals surface area contributed by atoms with Crippen molar-refractivity contribution in [2.75, 3.05) is 26.2 Å². The molecule has 0 aromatic carbocycles. The third kappa shape index (κ3) is 3.11. The van der Waals surface area contributed by atoms with E-state index in [0.29, 0.717) is 0 Å². The van der Waals surface area contributed by atoms with Crippen molar-refractivity contribution in [2.24, 2.45) is 0 Å². The first-order valence-corrected chi connectivity index (χ1v) is 8.47. The number of piperazine rings is 1. The van der Waals surface area contributed by atoms with Gasteiger partial charge in [0, 0.05) is 37.3 Å². The summed E-state index contributed by atoms with van der Waals surface area (Å²) in [6.45, 7) is 6.31. The zero-order valence-electron chi connectivity index (χ0n) is 11.5. The van der Waals surface area contributed by atoms with E-state index in [4.69, 9.17) is 0 Å². The number of hydrogen-bond acceptors (Lipinski definition) is 4. The van der Waals surface area contributed by atoms with Crippen LogP contribution >= 0.6 is 27.3 Å². The van der Waals surface area contributed by atoms with Crippen LogP contribution in [0.3, 0.4) is 0 Å². The fourth-order valence-electron chi connectivity index (χ4n) is 2.57. The molecule has 5 heteroatoms. The van der Waals surface area contributed by atoms with Crippen LogP contribution in [-0.4, -0.2) is 36.1 Å². The zero-order chi connectivity index (χ0) is 13.9. The zero-order valence-corrected chi connectivity index (χ0v) is 13.9. The molecule has 0 spiro atoms. The van der Waals surface area contributed by atoms with Gasteiger partial charge in [-0.3, -0.25) is 9.88 Å². The molecule has 106 valence electrons. The summed E-state index contributed by atoms with van der Waals surface area (Å²) in [6, 6.07) is 8.93. The highest BCUT2D eigenvalue weighted by atomic mass is 79.9. The van der Waals surface area contributed by atoms with Crippen LogP contribution in [0.5, 0.6) is 0 Å². The van der Waals surface area contributed by atoms with E-state index in [1.54, 1.807) is 11.3 Å². The molecule has 0 radical (unpaired) electrons. The van der Waals surface area contributed by atoms with Gasteiger partial charge in [0.2, 0.25) is 0 Å². The molecule has 3 rings (SSSR count). The summed E-state index contributed by atoms with van der Waals surface area (Å²) in [6.07, 6.45) is 1.97.